The summed E-state index contributed by atoms with van der Waals surface area (Å²) in [5.74, 6) is -0.276. The van der Waals surface area contributed by atoms with Crippen LogP contribution in [0.3, 0.4) is 0 Å². The molecule has 0 aliphatic rings. The third-order valence-electron chi connectivity index (χ3n) is 3.56. The number of aliphatic hydroxyl groups excluding tert-OH is 1. The number of rotatable bonds is 9. The molecular weight excluding hydrogens is 291 g/mol. The van der Waals surface area contributed by atoms with Crippen molar-refractivity contribution in [1.82, 2.24) is 5.32 Å². The Labute approximate surface area is 137 Å². The first-order valence-corrected chi connectivity index (χ1v) is 7.74. The fraction of sp³-hybridized carbons (Fsp3) is 0.263. The lowest BCUT2D eigenvalue weighted by molar-refractivity contribution is 0.301. The van der Waals surface area contributed by atoms with Crippen LogP contribution in [0, 0.1) is 5.82 Å². The van der Waals surface area contributed by atoms with E-state index in [0.717, 1.165) is 11.1 Å². The lowest BCUT2D eigenvalue weighted by Gasteiger charge is -2.25. The Hall–Kier alpha value is -2.17. The Balaban J connectivity index is 2.19. The highest BCUT2D eigenvalue weighted by molar-refractivity contribution is 5.50. The van der Waals surface area contributed by atoms with Crippen molar-refractivity contribution < 1.29 is 9.50 Å². The van der Waals surface area contributed by atoms with Crippen molar-refractivity contribution in [3.63, 3.8) is 0 Å². The summed E-state index contributed by atoms with van der Waals surface area (Å²) in [5.41, 5.74) is 2.59. The number of nitrogens with one attached hydrogen (secondary N) is 1. The van der Waals surface area contributed by atoms with Gasteiger partial charge in [0.2, 0.25) is 0 Å². The molecule has 0 bridgehead atoms. The van der Waals surface area contributed by atoms with Crippen LogP contribution in [-0.4, -0.2) is 24.8 Å². The van der Waals surface area contributed by atoms with Gasteiger partial charge in [0, 0.05) is 26.2 Å². The van der Waals surface area contributed by atoms with Gasteiger partial charge in [0.05, 0.1) is 12.3 Å². The predicted molar refractivity (Wildman–Crippen MR) is 92.9 cm³/mol. The topological polar surface area (TPSA) is 35.5 Å². The molecule has 0 spiro atoms. The van der Waals surface area contributed by atoms with Gasteiger partial charge in [-0.25, -0.2) is 4.39 Å². The van der Waals surface area contributed by atoms with E-state index in [9.17, 15) is 9.50 Å². The number of anilines is 1. The summed E-state index contributed by atoms with van der Waals surface area (Å²) in [6.45, 7) is 5.94. The summed E-state index contributed by atoms with van der Waals surface area (Å²) in [7, 11) is 0. The smallest absolute Gasteiger partial charge is 0.146 e. The second-order valence-corrected chi connectivity index (χ2v) is 5.34. The van der Waals surface area contributed by atoms with Crippen LogP contribution in [0.1, 0.15) is 11.1 Å². The summed E-state index contributed by atoms with van der Waals surface area (Å²) in [6.07, 6.45) is 1.79. The zero-order valence-corrected chi connectivity index (χ0v) is 13.2. The van der Waals surface area contributed by atoms with Crippen molar-refractivity contribution in [2.24, 2.45) is 0 Å². The van der Waals surface area contributed by atoms with Gasteiger partial charge in [-0.15, -0.1) is 6.58 Å². The van der Waals surface area contributed by atoms with Gasteiger partial charge < -0.3 is 15.3 Å². The van der Waals surface area contributed by atoms with E-state index in [-0.39, 0.29) is 12.4 Å². The van der Waals surface area contributed by atoms with Gasteiger partial charge in [-0.1, -0.05) is 42.5 Å². The van der Waals surface area contributed by atoms with E-state index in [1.165, 1.54) is 6.07 Å². The normalized spacial score (nSPS) is 10.5. The number of benzene rings is 2. The summed E-state index contributed by atoms with van der Waals surface area (Å²) >= 11 is 0. The number of halogens is 1. The minimum Gasteiger partial charge on any atom is -0.395 e. The first-order chi connectivity index (χ1) is 11.2. The maximum Gasteiger partial charge on any atom is 0.146 e. The molecule has 0 fully saturated rings. The van der Waals surface area contributed by atoms with E-state index in [1.54, 1.807) is 12.1 Å². The monoisotopic (exact) mass is 314 g/mol. The van der Waals surface area contributed by atoms with E-state index < -0.39 is 0 Å². The Morgan fingerprint density at radius 2 is 1.91 bits per heavy atom. The molecule has 2 aromatic carbocycles. The van der Waals surface area contributed by atoms with Gasteiger partial charge in [-0.05, 0) is 23.3 Å². The molecule has 0 saturated heterocycles. The summed E-state index contributed by atoms with van der Waals surface area (Å²) < 4.78 is 14.3. The third kappa shape index (κ3) is 5.20. The fourth-order valence-electron chi connectivity index (χ4n) is 2.44. The molecule has 2 aromatic rings. The number of hydrogen-bond acceptors (Lipinski definition) is 3. The fourth-order valence-corrected chi connectivity index (χ4v) is 2.44. The van der Waals surface area contributed by atoms with Gasteiger partial charge in [0.1, 0.15) is 5.82 Å². The standard InChI is InChI=1S/C19H23FN2O/c1-2-10-21-14-17-8-9-18(20)19(13-17)22(11-12-23)15-16-6-4-3-5-7-16/h2-9,13,21,23H,1,10-12,14-15H2. The molecule has 0 heterocycles. The van der Waals surface area contributed by atoms with Crippen LogP contribution in [0.25, 0.3) is 0 Å². The minimum absolute atomic E-state index is 0.0226. The molecule has 0 saturated carbocycles. The van der Waals surface area contributed by atoms with Crippen molar-refractivity contribution in [3.05, 3.63) is 78.1 Å². The van der Waals surface area contributed by atoms with Crippen LogP contribution >= 0.6 is 0 Å². The van der Waals surface area contributed by atoms with Crippen molar-refractivity contribution in [1.29, 1.82) is 0 Å². The molecule has 0 radical (unpaired) electrons. The van der Waals surface area contributed by atoms with E-state index in [1.807, 2.05) is 41.3 Å². The first kappa shape index (κ1) is 17.2. The Bertz CT molecular complexity index is 616. The molecule has 23 heavy (non-hydrogen) atoms. The van der Waals surface area contributed by atoms with Crippen LogP contribution in [0.5, 0.6) is 0 Å². The average Bonchev–Trinajstić information content (AvgIpc) is 2.57. The highest BCUT2D eigenvalue weighted by Gasteiger charge is 2.12. The second kappa shape index (κ2) is 9.08. The molecule has 0 aromatic heterocycles. The number of hydrogen-bond donors (Lipinski definition) is 2. The SMILES string of the molecule is C=CCNCc1ccc(F)c(N(CCO)Cc2ccccc2)c1. The quantitative estimate of drug-likeness (QED) is 0.551. The zero-order chi connectivity index (χ0) is 16.5. The number of nitrogens with zero attached hydrogens (tertiary/aromatic N) is 1. The van der Waals surface area contributed by atoms with E-state index in [4.69, 9.17) is 0 Å². The average molecular weight is 314 g/mol. The van der Waals surface area contributed by atoms with Gasteiger partial charge in [0.25, 0.3) is 0 Å². The highest BCUT2D eigenvalue weighted by Crippen LogP contribution is 2.23. The van der Waals surface area contributed by atoms with Crippen molar-refractivity contribution >= 4 is 5.69 Å². The van der Waals surface area contributed by atoms with Crippen LogP contribution in [0.4, 0.5) is 10.1 Å². The molecule has 2 N–H and O–H groups in total. The lowest BCUT2D eigenvalue weighted by atomic mass is 10.1. The highest BCUT2D eigenvalue weighted by atomic mass is 19.1. The maximum absolute atomic E-state index is 14.3. The molecule has 0 unspecified atom stereocenters. The summed E-state index contributed by atoms with van der Waals surface area (Å²) in [5, 5.41) is 12.5. The van der Waals surface area contributed by atoms with Gasteiger partial charge in [-0.3, -0.25) is 0 Å². The van der Waals surface area contributed by atoms with Crippen molar-refractivity contribution in [2.45, 2.75) is 13.1 Å². The molecule has 4 heteroatoms. The molecule has 2 rings (SSSR count). The Morgan fingerprint density at radius 3 is 2.61 bits per heavy atom. The minimum atomic E-state index is -0.276. The third-order valence-corrected chi connectivity index (χ3v) is 3.56. The van der Waals surface area contributed by atoms with Crippen LogP contribution in [-0.2, 0) is 13.1 Å². The van der Waals surface area contributed by atoms with Gasteiger partial charge in [0.15, 0.2) is 0 Å². The molecule has 0 atom stereocenters. The second-order valence-electron chi connectivity index (χ2n) is 5.34. The van der Waals surface area contributed by atoms with Crippen molar-refractivity contribution in [3.8, 4) is 0 Å². The molecule has 3 nitrogen and oxygen atoms in total. The summed E-state index contributed by atoms with van der Waals surface area (Å²) in [4.78, 5) is 1.86. The molecule has 0 aliphatic carbocycles. The number of aliphatic hydroxyl groups is 1. The van der Waals surface area contributed by atoms with E-state index in [2.05, 4.69) is 11.9 Å². The lowest BCUT2D eigenvalue weighted by Crippen LogP contribution is -2.27. The molecular formula is C19H23FN2O. The van der Waals surface area contributed by atoms with Crippen LogP contribution < -0.4 is 10.2 Å². The van der Waals surface area contributed by atoms with Crippen LogP contribution in [0.2, 0.25) is 0 Å². The van der Waals surface area contributed by atoms with Gasteiger partial charge in [-0.2, -0.15) is 0 Å². The van der Waals surface area contributed by atoms with Gasteiger partial charge >= 0.3 is 0 Å². The maximum atomic E-state index is 14.3. The zero-order valence-electron chi connectivity index (χ0n) is 13.2. The first-order valence-electron chi connectivity index (χ1n) is 7.74. The Kier molecular flexibility index (Phi) is 6.78. The molecule has 122 valence electrons. The molecule has 0 aliphatic heterocycles. The van der Waals surface area contributed by atoms with Crippen LogP contribution in [0.15, 0.2) is 61.2 Å². The Morgan fingerprint density at radius 1 is 1.13 bits per heavy atom. The van der Waals surface area contributed by atoms with E-state index >= 15 is 0 Å². The predicted octanol–water partition coefficient (Wildman–Crippen LogP) is 3.10. The van der Waals surface area contributed by atoms with E-state index in [0.29, 0.717) is 31.9 Å². The summed E-state index contributed by atoms with van der Waals surface area (Å²) in [6, 6.07) is 15.0. The molecule has 0 amide bonds. The van der Waals surface area contributed by atoms with Crippen molar-refractivity contribution in [2.75, 3.05) is 24.6 Å². The largest absolute Gasteiger partial charge is 0.395 e.